The standard InChI is InChI=1S/C6H7O5P.C3H4O2/c7-12(8,9)11-10-6-4-2-1-3-5-6;1-2-3(4)5/h1-5H,(H2,7,8,9);2H,1H2,(H,4,5). The summed E-state index contributed by atoms with van der Waals surface area (Å²) in [5.74, 6) is -0.745. The first kappa shape index (κ1) is 15.3. The Bertz CT molecular complexity index is 397. The van der Waals surface area contributed by atoms with E-state index in [1.807, 2.05) is 0 Å². The van der Waals surface area contributed by atoms with Gasteiger partial charge in [0.15, 0.2) is 5.75 Å². The molecule has 0 saturated heterocycles. The van der Waals surface area contributed by atoms with E-state index in [0.717, 1.165) is 6.08 Å². The number of benzene rings is 1. The van der Waals surface area contributed by atoms with Crippen LogP contribution in [0.25, 0.3) is 0 Å². The first-order chi connectivity index (χ1) is 7.85. The highest BCUT2D eigenvalue weighted by Crippen LogP contribution is 2.36. The highest BCUT2D eigenvalue weighted by atomic mass is 31.2. The summed E-state index contributed by atoms with van der Waals surface area (Å²) in [6.07, 6.45) is 0.833. The fraction of sp³-hybridized carbons (Fsp3) is 0. The minimum Gasteiger partial charge on any atom is -0.478 e. The van der Waals surface area contributed by atoms with E-state index in [0.29, 0.717) is 0 Å². The number of carbonyl (C=O) groups is 1. The summed E-state index contributed by atoms with van der Waals surface area (Å²) in [6.45, 7) is 2.96. The molecule has 17 heavy (non-hydrogen) atoms. The van der Waals surface area contributed by atoms with Crippen LogP contribution in [0.3, 0.4) is 0 Å². The second-order valence-electron chi connectivity index (χ2n) is 2.50. The van der Waals surface area contributed by atoms with Crippen LogP contribution in [0.2, 0.25) is 0 Å². The van der Waals surface area contributed by atoms with Crippen molar-refractivity contribution in [3.63, 3.8) is 0 Å². The Morgan fingerprint density at radius 2 is 1.76 bits per heavy atom. The number of para-hydroxylation sites is 1. The second-order valence-corrected chi connectivity index (χ2v) is 3.63. The summed E-state index contributed by atoms with van der Waals surface area (Å²) < 4.78 is 13.9. The Morgan fingerprint density at radius 3 is 2.12 bits per heavy atom. The first-order valence-corrected chi connectivity index (χ1v) is 5.70. The number of carboxylic acids is 1. The summed E-state index contributed by atoms with van der Waals surface area (Å²) in [5, 5.41) is 7.60. The van der Waals surface area contributed by atoms with Gasteiger partial charge in [0.2, 0.25) is 0 Å². The third kappa shape index (κ3) is 10.6. The van der Waals surface area contributed by atoms with E-state index >= 15 is 0 Å². The Labute approximate surface area is 97.1 Å². The molecule has 0 saturated carbocycles. The maximum atomic E-state index is 10.2. The van der Waals surface area contributed by atoms with Crippen molar-refractivity contribution in [3.8, 4) is 5.75 Å². The summed E-state index contributed by atoms with van der Waals surface area (Å²) in [7, 11) is -4.55. The van der Waals surface area contributed by atoms with Crippen molar-refractivity contribution in [3.05, 3.63) is 43.0 Å². The monoisotopic (exact) mass is 262 g/mol. The Hall–Kier alpha value is -1.66. The number of hydrogen-bond acceptors (Lipinski definition) is 4. The number of phosphoric acid groups is 1. The molecule has 0 radical (unpaired) electrons. The minimum absolute atomic E-state index is 0.237. The molecule has 1 aromatic carbocycles. The molecule has 3 N–H and O–H groups in total. The van der Waals surface area contributed by atoms with Crippen LogP contribution in [-0.4, -0.2) is 20.9 Å². The molecule has 0 fully saturated rings. The van der Waals surface area contributed by atoms with Crippen molar-refractivity contribution in [2.24, 2.45) is 0 Å². The van der Waals surface area contributed by atoms with Crippen molar-refractivity contribution in [1.29, 1.82) is 0 Å². The van der Waals surface area contributed by atoms with Crippen molar-refractivity contribution in [1.82, 2.24) is 0 Å². The second kappa shape index (κ2) is 7.59. The zero-order valence-corrected chi connectivity index (χ0v) is 9.49. The van der Waals surface area contributed by atoms with E-state index in [1.165, 1.54) is 12.1 Å². The quantitative estimate of drug-likeness (QED) is 0.325. The molecule has 0 aliphatic heterocycles. The molecule has 8 heteroatoms. The van der Waals surface area contributed by atoms with E-state index in [9.17, 15) is 9.36 Å². The van der Waals surface area contributed by atoms with Crippen LogP contribution in [0.1, 0.15) is 0 Å². The van der Waals surface area contributed by atoms with Crippen molar-refractivity contribution in [2.75, 3.05) is 0 Å². The van der Waals surface area contributed by atoms with Crippen LogP contribution in [-0.2, 0) is 14.0 Å². The van der Waals surface area contributed by atoms with Crippen LogP contribution >= 0.6 is 7.82 Å². The molecule has 94 valence electrons. The summed E-state index contributed by atoms with van der Waals surface area (Å²) >= 11 is 0. The van der Waals surface area contributed by atoms with Gasteiger partial charge in [-0.15, -0.1) is 0 Å². The molecular weight excluding hydrogens is 251 g/mol. The molecule has 1 aromatic rings. The van der Waals surface area contributed by atoms with E-state index in [1.54, 1.807) is 18.2 Å². The van der Waals surface area contributed by atoms with Gasteiger partial charge in [0.1, 0.15) is 0 Å². The molecule has 0 amide bonds. The van der Waals surface area contributed by atoms with Crippen LogP contribution in [0.5, 0.6) is 5.75 Å². The maximum Gasteiger partial charge on any atom is 0.505 e. The van der Waals surface area contributed by atoms with Gasteiger partial charge in [-0.1, -0.05) is 29.5 Å². The van der Waals surface area contributed by atoms with Crippen molar-refractivity contribution in [2.45, 2.75) is 0 Å². The lowest BCUT2D eigenvalue weighted by Gasteiger charge is -2.03. The molecule has 0 unspecified atom stereocenters. The third-order valence-electron chi connectivity index (χ3n) is 1.15. The van der Waals surface area contributed by atoms with Gasteiger partial charge in [0.25, 0.3) is 0 Å². The molecule has 0 aliphatic carbocycles. The number of rotatable bonds is 4. The lowest BCUT2D eigenvalue weighted by Crippen LogP contribution is -1.93. The Morgan fingerprint density at radius 1 is 1.29 bits per heavy atom. The maximum absolute atomic E-state index is 10.2. The van der Waals surface area contributed by atoms with Crippen LogP contribution in [0.4, 0.5) is 0 Å². The van der Waals surface area contributed by atoms with Gasteiger partial charge < -0.3 is 19.8 Å². The number of aliphatic carboxylic acids is 1. The molecular formula is C9H11O7P. The van der Waals surface area contributed by atoms with Gasteiger partial charge in [0.05, 0.1) is 0 Å². The lowest BCUT2D eigenvalue weighted by atomic mass is 10.3. The van der Waals surface area contributed by atoms with Gasteiger partial charge in [-0.05, 0) is 12.1 Å². The van der Waals surface area contributed by atoms with E-state index in [4.69, 9.17) is 14.9 Å². The van der Waals surface area contributed by atoms with E-state index in [-0.39, 0.29) is 5.75 Å². The minimum atomic E-state index is -4.55. The van der Waals surface area contributed by atoms with Gasteiger partial charge in [-0.2, -0.15) is 0 Å². The highest BCUT2D eigenvalue weighted by Gasteiger charge is 2.15. The molecule has 0 atom stereocenters. The SMILES string of the molecule is C=CC(=O)O.O=P(O)(O)OOc1ccccc1. The molecule has 0 aromatic heterocycles. The van der Waals surface area contributed by atoms with Crippen LogP contribution in [0.15, 0.2) is 43.0 Å². The average Bonchev–Trinajstić information content (AvgIpc) is 2.28. The summed E-state index contributed by atoms with van der Waals surface area (Å²) in [4.78, 5) is 30.0. The number of hydrogen-bond donors (Lipinski definition) is 3. The van der Waals surface area contributed by atoms with E-state index in [2.05, 4.69) is 16.1 Å². The van der Waals surface area contributed by atoms with Crippen LogP contribution in [0, 0.1) is 0 Å². The van der Waals surface area contributed by atoms with Gasteiger partial charge in [0, 0.05) is 6.08 Å². The zero-order valence-electron chi connectivity index (χ0n) is 8.59. The third-order valence-corrected chi connectivity index (χ3v) is 1.42. The molecule has 0 spiro atoms. The normalized spacial score (nSPS) is 9.76. The van der Waals surface area contributed by atoms with Crippen molar-refractivity contribution >= 4 is 13.8 Å². The lowest BCUT2D eigenvalue weighted by molar-refractivity contribution is -0.131. The Kier molecular flexibility index (Phi) is 6.85. The molecule has 0 aliphatic rings. The number of carboxylic acid groups (broad SMARTS) is 1. The summed E-state index contributed by atoms with van der Waals surface area (Å²) in [5.41, 5.74) is 0. The fourth-order valence-electron chi connectivity index (χ4n) is 0.568. The van der Waals surface area contributed by atoms with E-state index < -0.39 is 13.8 Å². The zero-order chi connectivity index (χ0) is 13.3. The van der Waals surface area contributed by atoms with Crippen LogP contribution < -0.4 is 4.89 Å². The predicted molar refractivity (Wildman–Crippen MR) is 58.0 cm³/mol. The topological polar surface area (TPSA) is 113 Å². The highest BCUT2D eigenvalue weighted by molar-refractivity contribution is 7.46. The van der Waals surface area contributed by atoms with Gasteiger partial charge in [-0.3, -0.25) is 0 Å². The molecule has 0 heterocycles. The molecule has 0 bridgehead atoms. The van der Waals surface area contributed by atoms with Gasteiger partial charge in [-0.25, -0.2) is 9.36 Å². The summed E-state index contributed by atoms with van der Waals surface area (Å²) in [6, 6.07) is 8.06. The first-order valence-electron chi connectivity index (χ1n) is 4.17. The predicted octanol–water partition coefficient (Wildman–Crippen LogP) is 1.35. The van der Waals surface area contributed by atoms with Crippen molar-refractivity contribution < 1.29 is 33.8 Å². The van der Waals surface area contributed by atoms with Gasteiger partial charge >= 0.3 is 13.8 Å². The molecule has 1 rings (SSSR count). The average molecular weight is 262 g/mol. The largest absolute Gasteiger partial charge is 0.505 e. The Balaban J connectivity index is 0.000000437. The smallest absolute Gasteiger partial charge is 0.478 e. The fourth-order valence-corrected chi connectivity index (χ4v) is 0.751. The molecule has 7 nitrogen and oxygen atoms in total.